The van der Waals surface area contributed by atoms with Crippen molar-refractivity contribution in [2.24, 2.45) is 0 Å². The van der Waals surface area contributed by atoms with Crippen LogP contribution in [0.15, 0.2) is 46.9 Å². The Balaban J connectivity index is 2.03. The van der Waals surface area contributed by atoms with Crippen molar-refractivity contribution >= 4 is 33.4 Å². The lowest BCUT2D eigenvalue weighted by atomic mass is 10.1. The van der Waals surface area contributed by atoms with Crippen LogP contribution in [0, 0.1) is 13.8 Å². The zero-order valence-electron chi connectivity index (χ0n) is 17.6. The number of anilines is 3. The number of aliphatic hydroxyl groups is 1. The molecule has 0 aliphatic heterocycles. The molecule has 1 aromatic heterocycles. The summed E-state index contributed by atoms with van der Waals surface area (Å²) in [5, 5.41) is 15.6. The third kappa shape index (κ3) is 6.33. The first kappa shape index (κ1) is 23.8. The van der Waals surface area contributed by atoms with Gasteiger partial charge in [-0.25, -0.2) is 4.98 Å². The van der Waals surface area contributed by atoms with E-state index in [1.807, 2.05) is 26.0 Å². The van der Waals surface area contributed by atoms with Crippen LogP contribution in [-0.4, -0.2) is 34.1 Å². The number of aromatic nitrogens is 2. The number of hydrogen-bond acceptors (Lipinski definition) is 6. The molecular weight excluding hydrogens is 489 g/mol. The first-order valence-electron chi connectivity index (χ1n) is 9.70. The summed E-state index contributed by atoms with van der Waals surface area (Å²) in [5.74, 6) is 0.320. The number of hydrogen-bond donors (Lipinski definition) is 3. The molecule has 0 unspecified atom stereocenters. The van der Waals surface area contributed by atoms with Gasteiger partial charge in [-0.3, -0.25) is 0 Å². The Hall–Kier alpha value is -2.85. The number of benzene rings is 2. The fourth-order valence-electron chi connectivity index (χ4n) is 3.08. The van der Waals surface area contributed by atoms with E-state index in [9.17, 15) is 18.3 Å². The Morgan fingerprint density at radius 3 is 2.41 bits per heavy atom. The van der Waals surface area contributed by atoms with Gasteiger partial charge < -0.3 is 20.5 Å². The van der Waals surface area contributed by atoms with Crippen LogP contribution in [0.2, 0.25) is 0 Å². The van der Waals surface area contributed by atoms with Gasteiger partial charge in [0.25, 0.3) is 0 Å². The maximum absolute atomic E-state index is 12.6. The molecule has 3 N–H and O–H groups in total. The van der Waals surface area contributed by atoms with Crippen molar-refractivity contribution < 1.29 is 23.0 Å². The molecule has 0 fully saturated rings. The fraction of sp³-hybridized carbons (Fsp3) is 0.273. The van der Waals surface area contributed by atoms with Crippen molar-refractivity contribution in [3.05, 3.63) is 58.1 Å². The zero-order valence-corrected chi connectivity index (χ0v) is 19.2. The number of nitrogens with one attached hydrogen (secondary N) is 2. The second-order valence-corrected chi connectivity index (χ2v) is 8.22. The predicted molar refractivity (Wildman–Crippen MR) is 121 cm³/mol. The summed E-state index contributed by atoms with van der Waals surface area (Å²) < 4.78 is 42.9. The van der Waals surface area contributed by atoms with Gasteiger partial charge >= 0.3 is 6.36 Å². The number of halogens is 4. The smallest absolute Gasteiger partial charge is 0.406 e. The maximum atomic E-state index is 12.6. The molecule has 0 amide bonds. The van der Waals surface area contributed by atoms with Crippen molar-refractivity contribution in [2.45, 2.75) is 33.2 Å². The molecule has 0 aliphatic carbocycles. The Bertz CT molecular complexity index is 1090. The van der Waals surface area contributed by atoms with Gasteiger partial charge in [0.05, 0.1) is 12.3 Å². The standard InChI is InChI=1S/C22H22BrF3N4O2/c1-12-7-16(23)8-13(2)20(12)29-19-10-18(28-21(30-19)27-14(3)11-31)15-5-4-6-17(9-15)32-22(24,25)26/h4-10,14,31H,11H2,1-3H3,(H2,27,28,29,30)/t14-/m1/s1. The molecule has 32 heavy (non-hydrogen) atoms. The summed E-state index contributed by atoms with van der Waals surface area (Å²) in [4.78, 5) is 8.87. The van der Waals surface area contributed by atoms with Crippen molar-refractivity contribution in [3.8, 4) is 17.0 Å². The molecule has 0 spiro atoms. The van der Waals surface area contributed by atoms with Crippen molar-refractivity contribution in [3.63, 3.8) is 0 Å². The fourth-order valence-corrected chi connectivity index (χ4v) is 3.76. The maximum Gasteiger partial charge on any atom is 0.573 e. The summed E-state index contributed by atoms with van der Waals surface area (Å²) in [6.45, 7) is 5.51. The minimum atomic E-state index is -4.79. The first-order chi connectivity index (χ1) is 15.0. The van der Waals surface area contributed by atoms with Crippen LogP contribution in [0.5, 0.6) is 5.75 Å². The normalized spacial score (nSPS) is 12.4. The largest absolute Gasteiger partial charge is 0.573 e. The van der Waals surface area contributed by atoms with E-state index < -0.39 is 6.36 Å². The second kappa shape index (κ2) is 9.74. The van der Waals surface area contributed by atoms with Gasteiger partial charge in [-0.1, -0.05) is 28.1 Å². The lowest BCUT2D eigenvalue weighted by molar-refractivity contribution is -0.274. The molecule has 0 radical (unpaired) electrons. The SMILES string of the molecule is Cc1cc(Br)cc(C)c1Nc1cc(-c2cccc(OC(F)(F)F)c2)nc(N[C@H](C)CO)n1. The number of alkyl halides is 3. The summed E-state index contributed by atoms with van der Waals surface area (Å²) in [7, 11) is 0. The number of aryl methyl sites for hydroxylation is 2. The Labute approximate surface area is 192 Å². The van der Waals surface area contributed by atoms with Gasteiger partial charge in [0.2, 0.25) is 5.95 Å². The molecule has 1 atom stereocenters. The topological polar surface area (TPSA) is 79.3 Å². The lowest BCUT2D eigenvalue weighted by Gasteiger charge is -2.17. The molecule has 0 bridgehead atoms. The lowest BCUT2D eigenvalue weighted by Crippen LogP contribution is -2.21. The number of aliphatic hydroxyl groups excluding tert-OH is 1. The van der Waals surface area contributed by atoms with Gasteiger partial charge in [-0.2, -0.15) is 4.98 Å². The van der Waals surface area contributed by atoms with Crippen LogP contribution >= 0.6 is 15.9 Å². The zero-order chi connectivity index (χ0) is 23.5. The molecule has 6 nitrogen and oxygen atoms in total. The molecule has 0 aliphatic rings. The number of ether oxygens (including phenoxy) is 1. The van der Waals surface area contributed by atoms with E-state index in [4.69, 9.17) is 0 Å². The number of rotatable bonds is 7. The van der Waals surface area contributed by atoms with E-state index in [-0.39, 0.29) is 24.3 Å². The van der Waals surface area contributed by atoms with Gasteiger partial charge in [0.15, 0.2) is 0 Å². The highest BCUT2D eigenvalue weighted by Crippen LogP contribution is 2.31. The predicted octanol–water partition coefficient (Wildman–Crippen LogP) is 5.96. The van der Waals surface area contributed by atoms with E-state index >= 15 is 0 Å². The van der Waals surface area contributed by atoms with Gasteiger partial charge in [0, 0.05) is 27.8 Å². The van der Waals surface area contributed by atoms with Crippen LogP contribution in [0.1, 0.15) is 18.1 Å². The summed E-state index contributed by atoms with van der Waals surface area (Å²) >= 11 is 3.47. The van der Waals surface area contributed by atoms with Gasteiger partial charge in [0.1, 0.15) is 11.6 Å². The second-order valence-electron chi connectivity index (χ2n) is 7.31. The molecule has 3 rings (SSSR count). The molecule has 2 aromatic carbocycles. The number of nitrogens with zero attached hydrogens (tertiary/aromatic N) is 2. The molecule has 0 saturated heterocycles. The molecule has 170 valence electrons. The van der Waals surface area contributed by atoms with Crippen molar-refractivity contribution in [1.82, 2.24) is 9.97 Å². The Kier molecular flexibility index (Phi) is 7.25. The third-order valence-corrected chi connectivity index (χ3v) is 4.95. The van der Waals surface area contributed by atoms with Gasteiger partial charge in [-0.05, 0) is 56.2 Å². The summed E-state index contributed by atoms with van der Waals surface area (Å²) in [5.41, 5.74) is 3.62. The van der Waals surface area contributed by atoms with Crippen molar-refractivity contribution in [1.29, 1.82) is 0 Å². The van der Waals surface area contributed by atoms with E-state index in [1.165, 1.54) is 18.2 Å². The van der Waals surface area contributed by atoms with Crippen LogP contribution in [-0.2, 0) is 0 Å². The first-order valence-corrected chi connectivity index (χ1v) is 10.5. The summed E-state index contributed by atoms with van der Waals surface area (Å²) in [6, 6.07) is 10.8. The van der Waals surface area contributed by atoms with Crippen LogP contribution < -0.4 is 15.4 Å². The minimum Gasteiger partial charge on any atom is -0.406 e. The average molecular weight is 511 g/mol. The highest BCUT2D eigenvalue weighted by molar-refractivity contribution is 9.10. The van der Waals surface area contributed by atoms with Crippen molar-refractivity contribution in [2.75, 3.05) is 17.2 Å². The van der Waals surface area contributed by atoms with Crippen LogP contribution in [0.4, 0.5) is 30.6 Å². The van der Waals surface area contributed by atoms with Gasteiger partial charge in [-0.15, -0.1) is 13.2 Å². The molecule has 10 heteroatoms. The van der Waals surface area contributed by atoms with E-state index in [1.54, 1.807) is 19.1 Å². The minimum absolute atomic E-state index is 0.143. The molecular formula is C22H22BrF3N4O2. The third-order valence-electron chi connectivity index (χ3n) is 4.49. The Morgan fingerprint density at radius 1 is 1.09 bits per heavy atom. The molecule has 3 aromatic rings. The van der Waals surface area contributed by atoms with E-state index in [2.05, 4.69) is 41.3 Å². The highest BCUT2D eigenvalue weighted by Gasteiger charge is 2.31. The monoisotopic (exact) mass is 510 g/mol. The molecule has 0 saturated carbocycles. The Morgan fingerprint density at radius 2 is 1.78 bits per heavy atom. The van der Waals surface area contributed by atoms with Crippen LogP contribution in [0.25, 0.3) is 11.3 Å². The van der Waals surface area contributed by atoms with E-state index in [0.29, 0.717) is 17.1 Å². The quantitative estimate of drug-likeness (QED) is 0.364. The van der Waals surface area contributed by atoms with E-state index in [0.717, 1.165) is 21.3 Å². The molecule has 1 heterocycles. The van der Waals surface area contributed by atoms with Crippen LogP contribution in [0.3, 0.4) is 0 Å². The highest BCUT2D eigenvalue weighted by atomic mass is 79.9. The average Bonchev–Trinajstić information content (AvgIpc) is 2.69. The summed E-state index contributed by atoms with van der Waals surface area (Å²) in [6.07, 6.45) is -4.79.